The fourth-order valence-electron chi connectivity index (χ4n) is 2.77. The monoisotopic (exact) mass is 318 g/mol. The van der Waals surface area contributed by atoms with Gasteiger partial charge in [-0.1, -0.05) is 11.6 Å². The Morgan fingerprint density at radius 3 is 2.77 bits per heavy atom. The smallest absolute Gasteiger partial charge is 0.223 e. The summed E-state index contributed by atoms with van der Waals surface area (Å²) in [6, 6.07) is 9.51. The maximum absolute atomic E-state index is 12.1. The fourth-order valence-corrected chi connectivity index (χ4v) is 2.90. The summed E-state index contributed by atoms with van der Waals surface area (Å²) in [7, 11) is 0. The third kappa shape index (κ3) is 3.48. The zero-order chi connectivity index (χ0) is 15.5. The molecule has 116 valence electrons. The Labute approximate surface area is 134 Å². The molecule has 1 saturated carbocycles. The van der Waals surface area contributed by atoms with Crippen molar-refractivity contribution in [1.82, 2.24) is 15.1 Å². The highest BCUT2D eigenvalue weighted by molar-refractivity contribution is 6.30. The summed E-state index contributed by atoms with van der Waals surface area (Å²) >= 11 is 5.88. The first-order valence-corrected chi connectivity index (χ1v) is 7.83. The van der Waals surface area contributed by atoms with Crippen LogP contribution in [-0.2, 0) is 11.3 Å². The van der Waals surface area contributed by atoms with E-state index in [1.165, 1.54) is 0 Å². The van der Waals surface area contributed by atoms with E-state index in [2.05, 4.69) is 10.4 Å². The van der Waals surface area contributed by atoms with Crippen LogP contribution < -0.4 is 11.1 Å². The second-order valence-electron chi connectivity index (χ2n) is 5.72. The van der Waals surface area contributed by atoms with Gasteiger partial charge in [0.2, 0.25) is 5.91 Å². The van der Waals surface area contributed by atoms with Crippen LogP contribution in [0, 0.1) is 5.92 Å². The highest BCUT2D eigenvalue weighted by Gasteiger charge is 2.27. The molecule has 1 aliphatic rings. The van der Waals surface area contributed by atoms with Crippen molar-refractivity contribution in [1.29, 1.82) is 0 Å². The lowest BCUT2D eigenvalue weighted by Crippen LogP contribution is -2.30. The molecular weight excluding hydrogens is 300 g/mol. The largest absolute Gasteiger partial charge is 0.350 e. The van der Waals surface area contributed by atoms with E-state index in [0.717, 1.165) is 30.6 Å². The van der Waals surface area contributed by atoms with E-state index < -0.39 is 0 Å². The molecule has 0 unspecified atom stereocenters. The Morgan fingerprint density at radius 2 is 2.09 bits per heavy atom. The zero-order valence-electron chi connectivity index (χ0n) is 12.2. The number of nitrogens with two attached hydrogens (primary N) is 1. The number of nitrogens with one attached hydrogen (secondary N) is 1. The highest BCUT2D eigenvalue weighted by atomic mass is 35.5. The van der Waals surface area contributed by atoms with Gasteiger partial charge in [-0.15, -0.1) is 0 Å². The molecule has 1 amide bonds. The topological polar surface area (TPSA) is 72.9 Å². The molecule has 1 fully saturated rings. The summed E-state index contributed by atoms with van der Waals surface area (Å²) in [6.45, 7) is 0.436. The molecule has 3 rings (SSSR count). The first-order valence-electron chi connectivity index (χ1n) is 7.45. The molecule has 22 heavy (non-hydrogen) atoms. The van der Waals surface area contributed by atoms with Crippen molar-refractivity contribution in [3.8, 4) is 5.69 Å². The molecule has 5 nitrogen and oxygen atoms in total. The average Bonchev–Trinajstić information content (AvgIpc) is 3.15. The summed E-state index contributed by atoms with van der Waals surface area (Å²) in [6.07, 6.45) is 4.47. The number of nitrogens with zero attached hydrogens (tertiary/aromatic N) is 2. The second kappa shape index (κ2) is 6.50. The van der Waals surface area contributed by atoms with Gasteiger partial charge in [-0.3, -0.25) is 4.79 Å². The Hall–Kier alpha value is -1.85. The number of halogens is 1. The van der Waals surface area contributed by atoms with Gasteiger partial charge in [0, 0.05) is 23.2 Å². The van der Waals surface area contributed by atoms with Gasteiger partial charge in [0.05, 0.1) is 17.9 Å². The minimum absolute atomic E-state index is 0.0494. The van der Waals surface area contributed by atoms with Gasteiger partial charge in [0.15, 0.2) is 0 Å². The highest BCUT2D eigenvalue weighted by Crippen LogP contribution is 2.24. The normalized spacial score (nSPS) is 21.0. The molecule has 3 N–H and O–H groups in total. The van der Waals surface area contributed by atoms with Gasteiger partial charge < -0.3 is 11.1 Å². The average molecular weight is 319 g/mol. The molecule has 1 aromatic heterocycles. The van der Waals surface area contributed by atoms with Crippen LogP contribution in [0.25, 0.3) is 5.69 Å². The van der Waals surface area contributed by atoms with Gasteiger partial charge in [-0.2, -0.15) is 5.10 Å². The number of hydrogen-bond acceptors (Lipinski definition) is 3. The van der Waals surface area contributed by atoms with Crippen molar-refractivity contribution in [3.05, 3.63) is 47.2 Å². The molecular formula is C16H19ClN4O. The molecule has 2 atom stereocenters. The van der Waals surface area contributed by atoms with Gasteiger partial charge in [-0.25, -0.2) is 4.68 Å². The Morgan fingerprint density at radius 1 is 1.32 bits per heavy atom. The minimum Gasteiger partial charge on any atom is -0.350 e. The molecule has 1 aromatic carbocycles. The van der Waals surface area contributed by atoms with E-state index >= 15 is 0 Å². The lowest BCUT2D eigenvalue weighted by atomic mass is 10.1. The van der Waals surface area contributed by atoms with E-state index in [-0.39, 0.29) is 17.9 Å². The predicted octanol–water partition coefficient (Wildman–Crippen LogP) is 2.27. The predicted molar refractivity (Wildman–Crippen MR) is 85.7 cm³/mol. The van der Waals surface area contributed by atoms with Crippen LogP contribution >= 0.6 is 11.6 Å². The maximum atomic E-state index is 12.1. The molecule has 0 aliphatic heterocycles. The fraction of sp³-hybridized carbons (Fsp3) is 0.375. The molecule has 0 bridgehead atoms. The van der Waals surface area contributed by atoms with E-state index in [9.17, 15) is 4.79 Å². The van der Waals surface area contributed by atoms with Crippen LogP contribution in [0.4, 0.5) is 0 Å². The molecule has 2 aromatic rings. The zero-order valence-corrected chi connectivity index (χ0v) is 13.0. The van der Waals surface area contributed by atoms with E-state index in [0.29, 0.717) is 11.6 Å². The van der Waals surface area contributed by atoms with Crippen LogP contribution in [-0.4, -0.2) is 21.7 Å². The molecule has 0 radical (unpaired) electrons. The minimum atomic E-state index is 0.0494. The van der Waals surface area contributed by atoms with Crippen molar-refractivity contribution in [2.24, 2.45) is 11.7 Å². The van der Waals surface area contributed by atoms with Crippen LogP contribution in [0.3, 0.4) is 0 Å². The van der Waals surface area contributed by atoms with Crippen molar-refractivity contribution >= 4 is 17.5 Å². The van der Waals surface area contributed by atoms with Crippen LogP contribution in [0.1, 0.15) is 25.0 Å². The number of rotatable bonds is 4. The SMILES string of the molecule is N[C@@H]1CC[C@H](C(=O)NCc2ccn(-c3ccc(Cl)cc3)n2)C1. The molecule has 1 aliphatic carbocycles. The van der Waals surface area contributed by atoms with Crippen molar-refractivity contribution in [2.75, 3.05) is 0 Å². The summed E-state index contributed by atoms with van der Waals surface area (Å²) in [5.41, 5.74) is 7.60. The molecule has 0 saturated heterocycles. The van der Waals surface area contributed by atoms with E-state index in [1.54, 1.807) is 4.68 Å². The van der Waals surface area contributed by atoms with Crippen LogP contribution in [0.5, 0.6) is 0 Å². The Balaban J connectivity index is 1.58. The van der Waals surface area contributed by atoms with Gasteiger partial charge in [-0.05, 0) is 49.6 Å². The lowest BCUT2D eigenvalue weighted by Gasteiger charge is -2.09. The quantitative estimate of drug-likeness (QED) is 0.908. The summed E-state index contributed by atoms with van der Waals surface area (Å²) in [5.74, 6) is 0.127. The number of benzene rings is 1. The Bertz CT molecular complexity index is 652. The second-order valence-corrected chi connectivity index (χ2v) is 6.15. The first-order chi connectivity index (χ1) is 10.6. The summed E-state index contributed by atoms with van der Waals surface area (Å²) in [5, 5.41) is 8.09. The van der Waals surface area contributed by atoms with Crippen molar-refractivity contribution in [2.45, 2.75) is 31.8 Å². The van der Waals surface area contributed by atoms with E-state index in [1.807, 2.05) is 36.5 Å². The third-order valence-electron chi connectivity index (χ3n) is 4.02. The molecule has 0 spiro atoms. The number of aromatic nitrogens is 2. The number of carbonyl (C=O) groups excluding carboxylic acids is 1. The first kappa shape index (κ1) is 15.1. The standard InChI is InChI=1S/C16H19ClN4O/c17-12-2-5-15(6-3-12)21-8-7-14(20-21)10-19-16(22)11-1-4-13(18)9-11/h2-3,5-8,11,13H,1,4,9-10,18H2,(H,19,22)/t11-,13+/m0/s1. The van der Waals surface area contributed by atoms with E-state index in [4.69, 9.17) is 17.3 Å². The molecule has 1 heterocycles. The van der Waals surface area contributed by atoms with Gasteiger partial charge in [0.1, 0.15) is 0 Å². The summed E-state index contributed by atoms with van der Waals surface area (Å²) < 4.78 is 1.77. The number of hydrogen-bond donors (Lipinski definition) is 2. The molecule has 6 heteroatoms. The summed E-state index contributed by atoms with van der Waals surface area (Å²) in [4.78, 5) is 12.1. The Kier molecular flexibility index (Phi) is 4.45. The van der Waals surface area contributed by atoms with Gasteiger partial charge in [0.25, 0.3) is 0 Å². The third-order valence-corrected chi connectivity index (χ3v) is 4.28. The van der Waals surface area contributed by atoms with Crippen LogP contribution in [0.15, 0.2) is 36.5 Å². The van der Waals surface area contributed by atoms with Gasteiger partial charge >= 0.3 is 0 Å². The number of amides is 1. The van der Waals surface area contributed by atoms with Crippen LogP contribution in [0.2, 0.25) is 5.02 Å². The maximum Gasteiger partial charge on any atom is 0.223 e. The number of carbonyl (C=O) groups is 1. The lowest BCUT2D eigenvalue weighted by molar-refractivity contribution is -0.125. The van der Waals surface area contributed by atoms with Crippen molar-refractivity contribution in [3.63, 3.8) is 0 Å². The van der Waals surface area contributed by atoms with Crippen molar-refractivity contribution < 1.29 is 4.79 Å².